The van der Waals surface area contributed by atoms with Crippen LogP contribution < -0.4 is 0 Å². The second-order valence-electron chi connectivity index (χ2n) is 3.68. The van der Waals surface area contributed by atoms with Gasteiger partial charge >= 0.3 is 5.97 Å². The number of nitrogens with zero attached hydrogens (tertiary/aromatic N) is 1. The lowest BCUT2D eigenvalue weighted by atomic mass is 10.1. The van der Waals surface area contributed by atoms with Crippen LogP contribution in [0.1, 0.15) is 17.3 Å². The molecule has 1 amide bonds. The molecule has 1 aromatic rings. The molecule has 1 N–H and O–H groups in total. The molecule has 98 valence electrons. The molecule has 1 rings (SSSR count). The van der Waals surface area contributed by atoms with Gasteiger partial charge in [0.1, 0.15) is 11.9 Å². The Morgan fingerprint density at radius 1 is 1.17 bits per heavy atom. The second kappa shape index (κ2) is 5.07. The van der Waals surface area contributed by atoms with Crippen molar-refractivity contribution < 1.29 is 27.9 Å². The van der Waals surface area contributed by atoms with Crippen molar-refractivity contribution in [3.8, 4) is 0 Å². The van der Waals surface area contributed by atoms with E-state index in [9.17, 15) is 22.8 Å². The molecule has 7 heteroatoms. The van der Waals surface area contributed by atoms with Crippen LogP contribution in [0.3, 0.4) is 0 Å². The molecule has 0 spiro atoms. The molecule has 0 radical (unpaired) electrons. The van der Waals surface area contributed by atoms with Crippen LogP contribution in [0.5, 0.6) is 0 Å². The van der Waals surface area contributed by atoms with Crippen LogP contribution in [0, 0.1) is 17.5 Å². The Bertz CT molecular complexity index is 505. The molecule has 0 saturated heterocycles. The quantitative estimate of drug-likeness (QED) is 0.842. The number of carboxylic acids is 1. The van der Waals surface area contributed by atoms with E-state index < -0.39 is 40.9 Å². The van der Waals surface area contributed by atoms with Gasteiger partial charge in [-0.25, -0.2) is 18.0 Å². The Hall–Kier alpha value is -2.05. The fraction of sp³-hybridized carbons (Fsp3) is 0.273. The maximum absolute atomic E-state index is 13.3. The number of carboxylic acid groups (broad SMARTS) is 1. The van der Waals surface area contributed by atoms with E-state index >= 15 is 0 Å². The van der Waals surface area contributed by atoms with Crippen LogP contribution in [0.4, 0.5) is 13.2 Å². The van der Waals surface area contributed by atoms with Crippen LogP contribution in [-0.2, 0) is 4.79 Å². The van der Waals surface area contributed by atoms with Crippen molar-refractivity contribution in [2.45, 2.75) is 13.0 Å². The first-order valence-electron chi connectivity index (χ1n) is 4.90. The highest BCUT2D eigenvalue weighted by Gasteiger charge is 2.25. The molecule has 0 aliphatic carbocycles. The summed E-state index contributed by atoms with van der Waals surface area (Å²) in [5.74, 6) is -6.38. The van der Waals surface area contributed by atoms with E-state index in [1.807, 2.05) is 0 Å². The zero-order valence-electron chi connectivity index (χ0n) is 9.58. The van der Waals surface area contributed by atoms with E-state index in [1.54, 1.807) is 0 Å². The number of carbonyl (C=O) groups excluding carboxylic acids is 1. The molecule has 0 fully saturated rings. The van der Waals surface area contributed by atoms with E-state index in [0.29, 0.717) is 6.07 Å². The fourth-order valence-corrected chi connectivity index (χ4v) is 1.22. The summed E-state index contributed by atoms with van der Waals surface area (Å²) in [6.07, 6.45) is 0. The first kappa shape index (κ1) is 14.0. The van der Waals surface area contributed by atoms with Crippen molar-refractivity contribution in [2.24, 2.45) is 0 Å². The Balaban J connectivity index is 3.11. The van der Waals surface area contributed by atoms with Crippen molar-refractivity contribution in [1.82, 2.24) is 4.90 Å². The maximum Gasteiger partial charge on any atom is 0.326 e. The first-order valence-corrected chi connectivity index (χ1v) is 4.90. The lowest BCUT2D eigenvalue weighted by molar-refractivity contribution is -0.141. The molecule has 1 atom stereocenters. The summed E-state index contributed by atoms with van der Waals surface area (Å²) in [4.78, 5) is 23.1. The summed E-state index contributed by atoms with van der Waals surface area (Å²) in [6, 6.07) is -0.579. The molecular formula is C11H10F3NO3. The molecule has 1 aromatic carbocycles. The largest absolute Gasteiger partial charge is 0.480 e. The minimum absolute atomic E-state index is 0.238. The van der Waals surface area contributed by atoms with Gasteiger partial charge in [-0.2, -0.15) is 0 Å². The third-order valence-corrected chi connectivity index (χ3v) is 2.50. The van der Waals surface area contributed by atoms with Gasteiger partial charge < -0.3 is 10.0 Å². The number of halogens is 3. The highest BCUT2D eigenvalue weighted by atomic mass is 19.2. The summed E-state index contributed by atoms with van der Waals surface area (Å²) in [6.45, 7) is 1.21. The van der Waals surface area contributed by atoms with Gasteiger partial charge in [-0.05, 0) is 13.0 Å². The molecule has 0 aliphatic heterocycles. The standard InChI is InChI=1S/C11H10F3NO3/c1-5(11(17)18)15(2)10(16)6-3-8(13)9(14)4-7(6)12/h3-5H,1-2H3,(H,17,18). The van der Waals surface area contributed by atoms with Crippen LogP contribution in [0.25, 0.3) is 0 Å². The van der Waals surface area contributed by atoms with Crippen molar-refractivity contribution in [3.05, 3.63) is 35.1 Å². The normalized spacial score (nSPS) is 12.1. The third kappa shape index (κ3) is 2.61. The van der Waals surface area contributed by atoms with Crippen LogP contribution >= 0.6 is 0 Å². The number of likely N-dealkylation sites (N-methyl/N-ethyl adjacent to an activating group) is 1. The Morgan fingerprint density at radius 2 is 1.67 bits per heavy atom. The van der Waals surface area contributed by atoms with Crippen LogP contribution in [-0.4, -0.2) is 35.0 Å². The topological polar surface area (TPSA) is 57.6 Å². The maximum atomic E-state index is 13.3. The van der Waals surface area contributed by atoms with Crippen molar-refractivity contribution >= 4 is 11.9 Å². The molecule has 18 heavy (non-hydrogen) atoms. The fourth-order valence-electron chi connectivity index (χ4n) is 1.22. The van der Waals surface area contributed by atoms with Crippen LogP contribution in [0.15, 0.2) is 12.1 Å². The summed E-state index contributed by atoms with van der Waals surface area (Å²) in [5.41, 5.74) is -0.718. The zero-order chi connectivity index (χ0) is 14.0. The van der Waals surface area contributed by atoms with Crippen molar-refractivity contribution in [2.75, 3.05) is 7.05 Å². The van der Waals surface area contributed by atoms with Gasteiger partial charge in [0, 0.05) is 13.1 Å². The molecule has 0 bridgehead atoms. The third-order valence-electron chi connectivity index (χ3n) is 2.50. The summed E-state index contributed by atoms with van der Waals surface area (Å²) in [7, 11) is 1.13. The monoisotopic (exact) mass is 261 g/mol. The molecule has 4 nitrogen and oxygen atoms in total. The minimum atomic E-state index is -1.42. The predicted octanol–water partition coefficient (Wildman–Crippen LogP) is 1.65. The number of rotatable bonds is 3. The zero-order valence-corrected chi connectivity index (χ0v) is 9.58. The summed E-state index contributed by atoms with van der Waals surface area (Å²) >= 11 is 0. The van der Waals surface area contributed by atoms with E-state index in [0.717, 1.165) is 11.9 Å². The number of amides is 1. The molecule has 0 aromatic heterocycles. The Labute approximate surface area is 101 Å². The lowest BCUT2D eigenvalue weighted by Crippen LogP contribution is -2.40. The van der Waals surface area contributed by atoms with Crippen LogP contribution in [0.2, 0.25) is 0 Å². The highest BCUT2D eigenvalue weighted by Crippen LogP contribution is 2.16. The van der Waals surface area contributed by atoms with Gasteiger partial charge in [0.15, 0.2) is 11.6 Å². The van der Waals surface area contributed by atoms with E-state index in [4.69, 9.17) is 5.11 Å². The summed E-state index contributed by atoms with van der Waals surface area (Å²) in [5, 5.41) is 8.69. The molecule has 1 unspecified atom stereocenters. The van der Waals surface area contributed by atoms with Crippen molar-refractivity contribution in [3.63, 3.8) is 0 Å². The number of hydrogen-bond donors (Lipinski definition) is 1. The second-order valence-corrected chi connectivity index (χ2v) is 3.68. The van der Waals surface area contributed by atoms with Gasteiger partial charge in [0.25, 0.3) is 5.91 Å². The van der Waals surface area contributed by atoms with Gasteiger partial charge in [-0.15, -0.1) is 0 Å². The molecule has 0 heterocycles. The minimum Gasteiger partial charge on any atom is -0.480 e. The average molecular weight is 261 g/mol. The molecular weight excluding hydrogens is 251 g/mol. The SMILES string of the molecule is CC(C(=O)O)N(C)C(=O)c1cc(F)c(F)cc1F. The lowest BCUT2D eigenvalue weighted by Gasteiger charge is -2.21. The number of hydrogen-bond acceptors (Lipinski definition) is 2. The smallest absolute Gasteiger partial charge is 0.326 e. The average Bonchev–Trinajstić information content (AvgIpc) is 2.30. The first-order chi connectivity index (χ1) is 8.25. The van der Waals surface area contributed by atoms with Gasteiger partial charge in [-0.3, -0.25) is 4.79 Å². The highest BCUT2D eigenvalue weighted by molar-refractivity contribution is 5.96. The predicted molar refractivity (Wildman–Crippen MR) is 55.5 cm³/mol. The van der Waals surface area contributed by atoms with Crippen molar-refractivity contribution in [1.29, 1.82) is 0 Å². The number of carbonyl (C=O) groups is 2. The number of aliphatic carboxylic acids is 1. The molecule has 0 saturated carbocycles. The van der Waals surface area contributed by atoms with Gasteiger partial charge in [0.2, 0.25) is 0 Å². The van der Waals surface area contributed by atoms with E-state index in [-0.39, 0.29) is 6.07 Å². The van der Waals surface area contributed by atoms with Gasteiger partial charge in [-0.1, -0.05) is 0 Å². The summed E-state index contributed by atoms with van der Waals surface area (Å²) < 4.78 is 38.9. The van der Waals surface area contributed by atoms with Gasteiger partial charge in [0.05, 0.1) is 5.56 Å². The Morgan fingerprint density at radius 3 is 2.17 bits per heavy atom. The van der Waals surface area contributed by atoms with E-state index in [2.05, 4.69) is 0 Å². The van der Waals surface area contributed by atoms with E-state index in [1.165, 1.54) is 6.92 Å². The Kier molecular flexibility index (Phi) is 3.95. The number of benzene rings is 1. The molecule has 0 aliphatic rings.